The number of nitrogen functional groups attached to an aromatic ring is 1. The van der Waals surface area contributed by atoms with Gasteiger partial charge in [-0.15, -0.1) is 0 Å². The van der Waals surface area contributed by atoms with Crippen LogP contribution in [0.5, 0.6) is 0 Å². The van der Waals surface area contributed by atoms with Crippen LogP contribution in [0.2, 0.25) is 0 Å². The summed E-state index contributed by atoms with van der Waals surface area (Å²) in [5.74, 6) is -0.267. The zero-order chi connectivity index (χ0) is 13.2. The molecule has 0 spiro atoms. The number of rotatable bonds is 2. The van der Waals surface area contributed by atoms with E-state index in [4.69, 9.17) is 11.0 Å². The predicted octanol–water partition coefficient (Wildman–Crippen LogP) is 3.92. The summed E-state index contributed by atoms with van der Waals surface area (Å²) in [5, 5.41) is 9.07. The second-order valence-corrected chi connectivity index (χ2v) is 4.48. The summed E-state index contributed by atoms with van der Waals surface area (Å²) < 4.78 is 13.4. The van der Waals surface area contributed by atoms with Gasteiger partial charge < -0.3 is 5.73 Å². The van der Waals surface area contributed by atoms with Crippen molar-refractivity contribution in [3.05, 3.63) is 34.6 Å². The molecule has 2 nitrogen and oxygen atoms in total. The van der Waals surface area contributed by atoms with E-state index in [1.807, 2.05) is 32.9 Å². The third kappa shape index (κ3) is 2.65. The van der Waals surface area contributed by atoms with Crippen LogP contribution in [0.1, 0.15) is 43.4 Å². The molecular weight excluding hydrogens is 215 g/mol. The van der Waals surface area contributed by atoms with Crippen LogP contribution in [0.25, 0.3) is 5.57 Å². The molecular formula is C14H17FN2. The quantitative estimate of drug-likeness (QED) is 0.620. The highest BCUT2D eigenvalue weighted by molar-refractivity contribution is 5.82. The van der Waals surface area contributed by atoms with Crippen molar-refractivity contribution in [2.75, 3.05) is 5.73 Å². The van der Waals surface area contributed by atoms with E-state index in [1.165, 1.54) is 6.92 Å². The molecule has 1 rings (SSSR count). The summed E-state index contributed by atoms with van der Waals surface area (Å²) in [5.41, 5.74) is 8.96. The number of allylic oxidation sites excluding steroid dienone is 2. The third-order valence-corrected chi connectivity index (χ3v) is 2.72. The number of nitrogens with two attached hydrogens (primary N) is 1. The van der Waals surface area contributed by atoms with Crippen LogP contribution in [0.3, 0.4) is 0 Å². The topological polar surface area (TPSA) is 49.8 Å². The first-order valence-electron chi connectivity index (χ1n) is 5.55. The normalized spacial score (nSPS) is 12.3. The minimum Gasteiger partial charge on any atom is -0.399 e. The molecule has 0 aliphatic heterocycles. The maximum absolute atomic E-state index is 13.4. The SMILES string of the molecule is C/C(F)=C(/C#N)c1c(C)cc(N)cc1C(C)C. The molecule has 1 aromatic carbocycles. The number of benzene rings is 1. The lowest BCUT2D eigenvalue weighted by Gasteiger charge is -2.16. The van der Waals surface area contributed by atoms with Crippen molar-refractivity contribution in [3.63, 3.8) is 0 Å². The molecule has 0 aliphatic carbocycles. The lowest BCUT2D eigenvalue weighted by atomic mass is 9.88. The first-order chi connectivity index (χ1) is 7.88. The van der Waals surface area contributed by atoms with Gasteiger partial charge in [0.2, 0.25) is 0 Å². The smallest absolute Gasteiger partial charge is 0.115 e. The number of nitriles is 1. The molecule has 0 atom stereocenters. The second-order valence-electron chi connectivity index (χ2n) is 4.48. The molecule has 0 radical (unpaired) electrons. The van der Waals surface area contributed by atoms with E-state index < -0.39 is 5.83 Å². The maximum Gasteiger partial charge on any atom is 0.115 e. The highest BCUT2D eigenvalue weighted by Gasteiger charge is 2.16. The molecule has 0 amide bonds. The van der Waals surface area contributed by atoms with E-state index in [9.17, 15) is 4.39 Å². The van der Waals surface area contributed by atoms with Crippen molar-refractivity contribution in [3.8, 4) is 6.07 Å². The Bertz CT molecular complexity index is 504. The zero-order valence-corrected chi connectivity index (χ0v) is 10.6. The summed E-state index contributed by atoms with van der Waals surface area (Å²) in [4.78, 5) is 0. The fourth-order valence-corrected chi connectivity index (χ4v) is 1.95. The molecule has 0 saturated carbocycles. The molecule has 0 unspecified atom stereocenters. The van der Waals surface area contributed by atoms with Crippen molar-refractivity contribution < 1.29 is 4.39 Å². The van der Waals surface area contributed by atoms with E-state index in [2.05, 4.69) is 0 Å². The second kappa shape index (κ2) is 5.01. The van der Waals surface area contributed by atoms with Crippen molar-refractivity contribution in [2.24, 2.45) is 0 Å². The van der Waals surface area contributed by atoms with Crippen LogP contribution < -0.4 is 5.73 Å². The van der Waals surface area contributed by atoms with Crippen LogP contribution in [0, 0.1) is 18.3 Å². The van der Waals surface area contributed by atoms with Crippen molar-refractivity contribution >= 4 is 11.3 Å². The van der Waals surface area contributed by atoms with Gasteiger partial charge in [-0.05, 0) is 43.0 Å². The van der Waals surface area contributed by atoms with Crippen molar-refractivity contribution in [2.45, 2.75) is 33.6 Å². The molecule has 0 saturated heterocycles. The maximum atomic E-state index is 13.4. The van der Waals surface area contributed by atoms with Gasteiger partial charge in [0.05, 0.1) is 5.57 Å². The van der Waals surface area contributed by atoms with Gasteiger partial charge in [0, 0.05) is 11.3 Å². The number of halogens is 1. The average Bonchev–Trinajstić information content (AvgIpc) is 2.20. The molecule has 1 aromatic rings. The lowest BCUT2D eigenvalue weighted by molar-refractivity contribution is 0.644. The molecule has 2 N–H and O–H groups in total. The van der Waals surface area contributed by atoms with E-state index in [0.717, 1.165) is 11.1 Å². The number of hydrogen-bond acceptors (Lipinski definition) is 2. The van der Waals surface area contributed by atoms with Crippen LogP contribution in [-0.4, -0.2) is 0 Å². The zero-order valence-electron chi connectivity index (χ0n) is 10.6. The van der Waals surface area contributed by atoms with E-state index >= 15 is 0 Å². The van der Waals surface area contributed by atoms with Crippen LogP contribution in [0.15, 0.2) is 18.0 Å². The van der Waals surface area contributed by atoms with Gasteiger partial charge >= 0.3 is 0 Å². The fraction of sp³-hybridized carbons (Fsp3) is 0.357. The lowest BCUT2D eigenvalue weighted by Crippen LogP contribution is -2.01. The first-order valence-corrected chi connectivity index (χ1v) is 5.55. The van der Waals surface area contributed by atoms with E-state index in [-0.39, 0.29) is 11.5 Å². The number of aryl methyl sites for hydroxylation is 1. The van der Waals surface area contributed by atoms with E-state index in [0.29, 0.717) is 11.3 Å². The van der Waals surface area contributed by atoms with Gasteiger partial charge in [-0.2, -0.15) is 5.26 Å². The predicted molar refractivity (Wildman–Crippen MR) is 69.0 cm³/mol. The summed E-state index contributed by atoms with van der Waals surface area (Å²) in [7, 11) is 0. The Morgan fingerprint density at radius 2 is 2.00 bits per heavy atom. The van der Waals surface area contributed by atoms with Gasteiger partial charge in [-0.1, -0.05) is 13.8 Å². The van der Waals surface area contributed by atoms with Crippen LogP contribution in [-0.2, 0) is 0 Å². The van der Waals surface area contributed by atoms with Crippen molar-refractivity contribution in [1.29, 1.82) is 5.26 Å². The van der Waals surface area contributed by atoms with E-state index in [1.54, 1.807) is 6.07 Å². The first kappa shape index (κ1) is 13.2. The summed E-state index contributed by atoms with van der Waals surface area (Å²) >= 11 is 0. The minimum absolute atomic E-state index is 0.103. The van der Waals surface area contributed by atoms with Gasteiger partial charge in [0.25, 0.3) is 0 Å². The molecule has 0 heterocycles. The van der Waals surface area contributed by atoms with Gasteiger partial charge in [0.15, 0.2) is 0 Å². The Morgan fingerprint density at radius 3 is 2.41 bits per heavy atom. The molecule has 3 heteroatoms. The van der Waals surface area contributed by atoms with Crippen molar-refractivity contribution in [1.82, 2.24) is 0 Å². The monoisotopic (exact) mass is 232 g/mol. The van der Waals surface area contributed by atoms with Gasteiger partial charge in [-0.3, -0.25) is 0 Å². The van der Waals surface area contributed by atoms with Crippen LogP contribution >= 0.6 is 0 Å². The average molecular weight is 232 g/mol. The fourth-order valence-electron chi connectivity index (χ4n) is 1.95. The van der Waals surface area contributed by atoms with Gasteiger partial charge in [-0.25, -0.2) is 4.39 Å². The molecule has 0 fully saturated rings. The van der Waals surface area contributed by atoms with Gasteiger partial charge in [0.1, 0.15) is 11.9 Å². The third-order valence-electron chi connectivity index (χ3n) is 2.72. The Kier molecular flexibility index (Phi) is 3.90. The number of nitrogens with zero attached hydrogens (tertiary/aromatic N) is 1. The summed E-state index contributed by atoms with van der Waals surface area (Å²) in [6, 6.07) is 5.52. The Balaban J connectivity index is 3.64. The Morgan fingerprint density at radius 1 is 1.41 bits per heavy atom. The summed E-state index contributed by atoms with van der Waals surface area (Å²) in [6.45, 7) is 7.15. The highest BCUT2D eigenvalue weighted by Crippen LogP contribution is 2.32. The minimum atomic E-state index is -0.456. The largest absolute Gasteiger partial charge is 0.399 e. The number of hydrogen-bond donors (Lipinski definition) is 1. The molecule has 90 valence electrons. The standard InChI is InChI=1S/C14H17FN2/c1-8(2)12-6-11(17)5-9(3)14(12)13(7-16)10(4)15/h5-6,8H,17H2,1-4H3/b13-10+. The molecule has 0 bridgehead atoms. The summed E-state index contributed by atoms with van der Waals surface area (Å²) in [6.07, 6.45) is 0. The van der Waals surface area contributed by atoms with Crippen LogP contribution in [0.4, 0.5) is 10.1 Å². The molecule has 0 aliphatic rings. The molecule has 0 aromatic heterocycles. The number of anilines is 1. The molecule has 17 heavy (non-hydrogen) atoms. The highest BCUT2D eigenvalue weighted by atomic mass is 19.1. The Hall–Kier alpha value is -1.82. The Labute approximate surface area is 102 Å².